The smallest absolute Gasteiger partial charge is 0.223 e. The standard InChI is InChI=1S/C12H16N4OS/c1-7-10(6-13-11(17)9-4-3-5-9)16-12(14-7)18-8(2)15-16/h9H,3-6H2,1-2H3,(H,13,17). The zero-order valence-electron chi connectivity index (χ0n) is 10.6. The van der Waals surface area contributed by atoms with Crippen molar-refractivity contribution < 1.29 is 4.79 Å². The number of fused-ring (bicyclic) bond motifs is 1. The number of amides is 1. The van der Waals surface area contributed by atoms with Gasteiger partial charge in [0.15, 0.2) is 0 Å². The lowest BCUT2D eigenvalue weighted by molar-refractivity contribution is -0.127. The average molecular weight is 264 g/mol. The zero-order valence-corrected chi connectivity index (χ0v) is 11.4. The Bertz CT molecular complexity index is 597. The summed E-state index contributed by atoms with van der Waals surface area (Å²) in [6, 6.07) is 0. The van der Waals surface area contributed by atoms with Crippen molar-refractivity contribution in [2.45, 2.75) is 39.7 Å². The maximum Gasteiger partial charge on any atom is 0.223 e. The third-order valence-electron chi connectivity index (χ3n) is 3.50. The molecule has 1 fully saturated rings. The van der Waals surface area contributed by atoms with Crippen LogP contribution in [-0.4, -0.2) is 20.5 Å². The minimum atomic E-state index is 0.169. The Hall–Kier alpha value is -1.43. The largest absolute Gasteiger partial charge is 0.350 e. The topological polar surface area (TPSA) is 59.3 Å². The predicted molar refractivity (Wildman–Crippen MR) is 69.5 cm³/mol. The van der Waals surface area contributed by atoms with Crippen LogP contribution in [0.5, 0.6) is 0 Å². The highest BCUT2D eigenvalue weighted by Gasteiger charge is 2.25. The summed E-state index contributed by atoms with van der Waals surface area (Å²) in [4.78, 5) is 17.2. The van der Waals surface area contributed by atoms with Crippen molar-refractivity contribution in [1.29, 1.82) is 0 Å². The van der Waals surface area contributed by atoms with E-state index < -0.39 is 0 Å². The molecular formula is C12H16N4OS. The molecule has 96 valence electrons. The second-order valence-corrected chi connectivity index (χ2v) is 5.97. The minimum absolute atomic E-state index is 0.169. The second kappa shape index (κ2) is 4.35. The molecule has 0 atom stereocenters. The van der Waals surface area contributed by atoms with Crippen LogP contribution in [0.3, 0.4) is 0 Å². The molecule has 2 aromatic rings. The van der Waals surface area contributed by atoms with E-state index >= 15 is 0 Å². The number of aromatic nitrogens is 3. The molecule has 0 aliphatic heterocycles. The van der Waals surface area contributed by atoms with Crippen LogP contribution in [0.15, 0.2) is 0 Å². The lowest BCUT2D eigenvalue weighted by Gasteiger charge is -2.23. The van der Waals surface area contributed by atoms with Crippen LogP contribution >= 0.6 is 11.3 Å². The number of imidazole rings is 1. The monoisotopic (exact) mass is 264 g/mol. The zero-order chi connectivity index (χ0) is 12.7. The second-order valence-electron chi connectivity index (χ2n) is 4.80. The molecule has 1 saturated carbocycles. The molecule has 2 heterocycles. The van der Waals surface area contributed by atoms with Gasteiger partial charge in [-0.05, 0) is 26.7 Å². The van der Waals surface area contributed by atoms with Crippen LogP contribution < -0.4 is 5.32 Å². The number of nitrogens with one attached hydrogen (secondary N) is 1. The molecule has 18 heavy (non-hydrogen) atoms. The number of nitrogens with zero attached hydrogens (tertiary/aromatic N) is 3. The van der Waals surface area contributed by atoms with Gasteiger partial charge in [0.2, 0.25) is 10.9 Å². The molecule has 0 saturated heterocycles. The molecule has 2 aromatic heterocycles. The predicted octanol–water partition coefficient (Wildman–Crippen LogP) is 1.82. The summed E-state index contributed by atoms with van der Waals surface area (Å²) in [6.07, 6.45) is 3.24. The maximum atomic E-state index is 11.8. The molecule has 0 radical (unpaired) electrons. The van der Waals surface area contributed by atoms with E-state index in [1.54, 1.807) is 11.3 Å². The van der Waals surface area contributed by atoms with E-state index in [0.29, 0.717) is 6.54 Å². The Balaban J connectivity index is 1.76. The van der Waals surface area contributed by atoms with E-state index in [1.165, 1.54) is 6.42 Å². The molecule has 0 spiro atoms. The van der Waals surface area contributed by atoms with Gasteiger partial charge in [0, 0.05) is 5.92 Å². The average Bonchev–Trinajstić information content (AvgIpc) is 2.68. The summed E-state index contributed by atoms with van der Waals surface area (Å²) in [5.41, 5.74) is 1.93. The Morgan fingerprint density at radius 1 is 1.50 bits per heavy atom. The Morgan fingerprint density at radius 3 is 2.94 bits per heavy atom. The highest BCUT2D eigenvalue weighted by Crippen LogP contribution is 2.26. The van der Waals surface area contributed by atoms with E-state index in [2.05, 4.69) is 15.4 Å². The highest BCUT2D eigenvalue weighted by molar-refractivity contribution is 7.16. The first-order valence-corrected chi connectivity index (χ1v) is 7.06. The van der Waals surface area contributed by atoms with Crippen LogP contribution in [0.25, 0.3) is 4.96 Å². The van der Waals surface area contributed by atoms with Crippen LogP contribution in [0, 0.1) is 19.8 Å². The minimum Gasteiger partial charge on any atom is -0.350 e. The van der Waals surface area contributed by atoms with Crippen molar-refractivity contribution in [2.24, 2.45) is 5.92 Å². The van der Waals surface area contributed by atoms with Gasteiger partial charge < -0.3 is 5.32 Å². The Kier molecular flexibility index (Phi) is 2.81. The molecule has 1 aliphatic rings. The number of hydrogen-bond acceptors (Lipinski definition) is 4. The van der Waals surface area contributed by atoms with Crippen molar-refractivity contribution in [1.82, 2.24) is 19.9 Å². The fraction of sp³-hybridized carbons (Fsp3) is 0.583. The Morgan fingerprint density at radius 2 is 2.28 bits per heavy atom. The number of carbonyl (C=O) groups excluding carboxylic acids is 1. The first-order valence-electron chi connectivity index (χ1n) is 6.24. The van der Waals surface area contributed by atoms with E-state index in [-0.39, 0.29) is 11.8 Å². The van der Waals surface area contributed by atoms with Gasteiger partial charge >= 0.3 is 0 Å². The fourth-order valence-electron chi connectivity index (χ4n) is 2.18. The van der Waals surface area contributed by atoms with Crippen LogP contribution in [0.1, 0.15) is 35.7 Å². The fourth-order valence-corrected chi connectivity index (χ4v) is 2.98. The molecule has 1 aliphatic carbocycles. The SMILES string of the molecule is Cc1nn2c(CNC(=O)C3CCC3)c(C)nc2s1. The van der Waals surface area contributed by atoms with E-state index in [4.69, 9.17) is 0 Å². The molecule has 1 amide bonds. The highest BCUT2D eigenvalue weighted by atomic mass is 32.1. The van der Waals surface area contributed by atoms with Crippen molar-refractivity contribution in [3.63, 3.8) is 0 Å². The van der Waals surface area contributed by atoms with E-state index in [9.17, 15) is 4.79 Å². The van der Waals surface area contributed by atoms with Crippen molar-refractivity contribution in [3.05, 3.63) is 16.4 Å². The van der Waals surface area contributed by atoms with Crippen LogP contribution in [0.4, 0.5) is 0 Å². The first-order chi connectivity index (χ1) is 8.65. The van der Waals surface area contributed by atoms with Gasteiger partial charge in [-0.2, -0.15) is 5.10 Å². The van der Waals surface area contributed by atoms with Gasteiger partial charge in [0.25, 0.3) is 0 Å². The number of aryl methyl sites for hydroxylation is 2. The van der Waals surface area contributed by atoms with Crippen molar-refractivity contribution in [2.75, 3.05) is 0 Å². The van der Waals surface area contributed by atoms with Crippen LogP contribution in [0.2, 0.25) is 0 Å². The summed E-state index contributed by atoms with van der Waals surface area (Å²) in [5, 5.41) is 8.40. The van der Waals surface area contributed by atoms with Gasteiger partial charge in [0.1, 0.15) is 5.01 Å². The van der Waals surface area contributed by atoms with Gasteiger partial charge in [-0.1, -0.05) is 17.8 Å². The summed E-state index contributed by atoms with van der Waals surface area (Å²) in [7, 11) is 0. The third-order valence-corrected chi connectivity index (χ3v) is 4.33. The van der Waals surface area contributed by atoms with Crippen LogP contribution in [-0.2, 0) is 11.3 Å². The molecular weight excluding hydrogens is 248 g/mol. The summed E-state index contributed by atoms with van der Waals surface area (Å²) in [6.45, 7) is 4.44. The molecule has 0 unspecified atom stereocenters. The molecule has 3 rings (SSSR count). The van der Waals surface area contributed by atoms with Gasteiger partial charge in [-0.3, -0.25) is 4.79 Å². The lowest BCUT2D eigenvalue weighted by atomic mass is 9.85. The normalized spacial score (nSPS) is 15.9. The molecule has 5 nitrogen and oxygen atoms in total. The number of carbonyl (C=O) groups is 1. The van der Waals surface area contributed by atoms with E-state index in [0.717, 1.165) is 34.2 Å². The lowest BCUT2D eigenvalue weighted by Crippen LogP contribution is -2.34. The van der Waals surface area contributed by atoms with Crippen molar-refractivity contribution >= 4 is 22.2 Å². The van der Waals surface area contributed by atoms with E-state index in [1.807, 2.05) is 18.4 Å². The molecule has 0 aromatic carbocycles. The Labute approximate surface area is 109 Å². The quantitative estimate of drug-likeness (QED) is 0.920. The summed E-state index contributed by atoms with van der Waals surface area (Å²) < 4.78 is 1.84. The molecule has 6 heteroatoms. The van der Waals surface area contributed by atoms with Gasteiger partial charge in [0.05, 0.1) is 17.9 Å². The molecule has 1 N–H and O–H groups in total. The van der Waals surface area contributed by atoms with Gasteiger partial charge in [-0.25, -0.2) is 9.50 Å². The number of rotatable bonds is 3. The summed E-state index contributed by atoms with van der Waals surface area (Å²) >= 11 is 1.57. The third kappa shape index (κ3) is 1.90. The first kappa shape index (κ1) is 11.6. The van der Waals surface area contributed by atoms with Gasteiger partial charge in [-0.15, -0.1) is 0 Å². The molecule has 0 bridgehead atoms. The number of hydrogen-bond donors (Lipinski definition) is 1. The summed E-state index contributed by atoms with van der Waals surface area (Å²) in [5.74, 6) is 0.397. The van der Waals surface area contributed by atoms with Crippen molar-refractivity contribution in [3.8, 4) is 0 Å². The maximum absolute atomic E-state index is 11.8.